The van der Waals surface area contributed by atoms with Gasteiger partial charge in [-0.25, -0.2) is 0 Å². The molecule has 0 unspecified atom stereocenters. The zero-order valence-electron chi connectivity index (χ0n) is 7.30. The van der Waals surface area contributed by atoms with E-state index in [9.17, 15) is 4.79 Å². The van der Waals surface area contributed by atoms with Crippen LogP contribution in [-0.4, -0.2) is 21.3 Å². The maximum absolute atomic E-state index is 10.4. The summed E-state index contributed by atoms with van der Waals surface area (Å²) in [6, 6.07) is 0. The Balaban J connectivity index is 2.79. The number of carboxylic acid groups (broad SMARTS) is 1. The first-order chi connectivity index (χ1) is 6.15. The molecule has 0 aliphatic heterocycles. The summed E-state index contributed by atoms with van der Waals surface area (Å²) < 4.78 is 0.803. The van der Waals surface area contributed by atoms with Gasteiger partial charge >= 0.3 is 5.97 Å². The SMILES string of the molecule is CCCc1n[nH]c(CC(=O)O)c1Br. The van der Waals surface area contributed by atoms with Crippen LogP contribution in [0.1, 0.15) is 24.7 Å². The van der Waals surface area contributed by atoms with Crippen molar-refractivity contribution in [2.45, 2.75) is 26.2 Å². The molecule has 1 aromatic heterocycles. The van der Waals surface area contributed by atoms with Gasteiger partial charge in [-0.2, -0.15) is 5.10 Å². The van der Waals surface area contributed by atoms with Crippen LogP contribution in [0.2, 0.25) is 0 Å². The molecule has 0 saturated heterocycles. The highest BCUT2D eigenvalue weighted by atomic mass is 79.9. The Kier molecular flexibility index (Phi) is 3.48. The van der Waals surface area contributed by atoms with Crippen LogP contribution in [0, 0.1) is 0 Å². The van der Waals surface area contributed by atoms with Crippen molar-refractivity contribution in [1.82, 2.24) is 10.2 Å². The summed E-state index contributed by atoms with van der Waals surface area (Å²) >= 11 is 3.32. The van der Waals surface area contributed by atoms with Gasteiger partial charge in [-0.3, -0.25) is 9.89 Å². The van der Waals surface area contributed by atoms with Gasteiger partial charge in [0.25, 0.3) is 0 Å². The predicted molar refractivity (Wildman–Crippen MR) is 51.6 cm³/mol. The zero-order chi connectivity index (χ0) is 9.84. The van der Waals surface area contributed by atoms with Crippen LogP contribution in [0.5, 0.6) is 0 Å². The van der Waals surface area contributed by atoms with Crippen LogP contribution in [0.4, 0.5) is 0 Å². The monoisotopic (exact) mass is 246 g/mol. The number of aromatic amines is 1. The maximum Gasteiger partial charge on any atom is 0.309 e. The Hall–Kier alpha value is -0.840. The molecule has 1 rings (SSSR count). The van der Waals surface area contributed by atoms with Gasteiger partial charge in [-0.15, -0.1) is 0 Å². The third kappa shape index (κ3) is 2.55. The molecule has 0 fully saturated rings. The van der Waals surface area contributed by atoms with Gasteiger partial charge in [0.1, 0.15) is 0 Å². The Morgan fingerprint density at radius 3 is 2.92 bits per heavy atom. The Labute approximate surface area is 84.5 Å². The van der Waals surface area contributed by atoms with Crippen LogP contribution >= 0.6 is 15.9 Å². The number of nitrogens with one attached hydrogen (secondary N) is 1. The average molecular weight is 247 g/mol. The van der Waals surface area contributed by atoms with E-state index < -0.39 is 5.97 Å². The first kappa shape index (κ1) is 10.2. The van der Waals surface area contributed by atoms with Gasteiger partial charge < -0.3 is 5.11 Å². The van der Waals surface area contributed by atoms with Gasteiger partial charge in [0, 0.05) is 0 Å². The lowest BCUT2D eigenvalue weighted by atomic mass is 10.2. The summed E-state index contributed by atoms with van der Waals surface area (Å²) in [6.45, 7) is 2.05. The summed E-state index contributed by atoms with van der Waals surface area (Å²) in [6.07, 6.45) is 1.84. The number of aromatic nitrogens is 2. The van der Waals surface area contributed by atoms with Crippen LogP contribution in [0.15, 0.2) is 4.47 Å². The number of carbonyl (C=O) groups is 1. The standard InChI is InChI=1S/C8H11BrN2O2/c1-2-3-5-8(9)6(11-10-5)4-7(12)13/h2-4H2,1H3,(H,10,11)(H,12,13). The molecule has 0 bridgehead atoms. The van der Waals surface area contributed by atoms with E-state index in [4.69, 9.17) is 5.11 Å². The molecule has 1 heterocycles. The molecule has 0 saturated carbocycles. The van der Waals surface area contributed by atoms with Crippen molar-refractivity contribution in [2.24, 2.45) is 0 Å². The number of halogens is 1. The largest absolute Gasteiger partial charge is 0.481 e. The van der Waals surface area contributed by atoms with Crippen LogP contribution < -0.4 is 0 Å². The summed E-state index contributed by atoms with van der Waals surface area (Å²) in [4.78, 5) is 10.4. The molecule has 0 atom stereocenters. The zero-order valence-corrected chi connectivity index (χ0v) is 8.89. The van der Waals surface area contributed by atoms with Crippen molar-refractivity contribution >= 4 is 21.9 Å². The molecule has 1 aromatic rings. The van der Waals surface area contributed by atoms with E-state index in [1.54, 1.807) is 0 Å². The van der Waals surface area contributed by atoms with Crippen molar-refractivity contribution in [2.75, 3.05) is 0 Å². The number of rotatable bonds is 4. The van der Waals surface area contributed by atoms with E-state index in [1.807, 2.05) is 0 Å². The molecule has 13 heavy (non-hydrogen) atoms. The van der Waals surface area contributed by atoms with Gasteiger partial charge in [-0.05, 0) is 22.4 Å². The van der Waals surface area contributed by atoms with E-state index >= 15 is 0 Å². The molecule has 0 amide bonds. The second-order valence-corrected chi connectivity index (χ2v) is 3.58. The number of hydrogen-bond donors (Lipinski definition) is 2. The molecular weight excluding hydrogens is 236 g/mol. The molecule has 4 nitrogen and oxygen atoms in total. The van der Waals surface area contributed by atoms with Crippen molar-refractivity contribution in [3.63, 3.8) is 0 Å². The van der Waals surface area contributed by atoms with Gasteiger partial charge in [0.15, 0.2) is 0 Å². The number of H-pyrrole nitrogens is 1. The third-order valence-corrected chi connectivity index (χ3v) is 2.60. The van der Waals surface area contributed by atoms with E-state index in [0.29, 0.717) is 5.69 Å². The van der Waals surface area contributed by atoms with Crippen LogP contribution in [0.25, 0.3) is 0 Å². The number of aliphatic carboxylic acids is 1. The second-order valence-electron chi connectivity index (χ2n) is 2.78. The molecule has 0 aliphatic rings. The normalized spacial score (nSPS) is 10.3. The van der Waals surface area contributed by atoms with Gasteiger partial charge in [0.2, 0.25) is 0 Å². The molecule has 0 aliphatic carbocycles. The number of aryl methyl sites for hydroxylation is 1. The fourth-order valence-electron chi connectivity index (χ4n) is 1.08. The van der Waals surface area contributed by atoms with E-state index in [0.717, 1.165) is 23.0 Å². The topological polar surface area (TPSA) is 66.0 Å². The lowest BCUT2D eigenvalue weighted by Gasteiger charge is -1.93. The van der Waals surface area contributed by atoms with E-state index in [-0.39, 0.29) is 6.42 Å². The summed E-state index contributed by atoms with van der Waals surface area (Å²) in [5.74, 6) is -0.854. The Morgan fingerprint density at radius 2 is 2.38 bits per heavy atom. The highest BCUT2D eigenvalue weighted by molar-refractivity contribution is 9.10. The summed E-state index contributed by atoms with van der Waals surface area (Å²) in [5.41, 5.74) is 1.54. The van der Waals surface area contributed by atoms with E-state index in [1.165, 1.54) is 0 Å². The summed E-state index contributed by atoms with van der Waals surface area (Å²) in [7, 11) is 0. The van der Waals surface area contributed by atoms with E-state index in [2.05, 4.69) is 33.1 Å². The number of carboxylic acids is 1. The minimum Gasteiger partial charge on any atom is -0.481 e. The highest BCUT2D eigenvalue weighted by Crippen LogP contribution is 2.20. The number of nitrogens with zero attached hydrogens (tertiary/aromatic N) is 1. The van der Waals surface area contributed by atoms with Gasteiger partial charge in [0.05, 0.1) is 22.3 Å². The average Bonchev–Trinajstić information content (AvgIpc) is 2.36. The van der Waals surface area contributed by atoms with Crippen LogP contribution in [-0.2, 0) is 17.6 Å². The quantitative estimate of drug-likeness (QED) is 0.851. The molecule has 2 N–H and O–H groups in total. The minimum absolute atomic E-state index is 0.0166. The Morgan fingerprint density at radius 1 is 1.69 bits per heavy atom. The Bertz CT molecular complexity index is 309. The summed E-state index contributed by atoms with van der Waals surface area (Å²) in [5, 5.41) is 15.3. The molecular formula is C8H11BrN2O2. The number of hydrogen-bond acceptors (Lipinski definition) is 2. The van der Waals surface area contributed by atoms with Crippen molar-refractivity contribution in [3.05, 3.63) is 15.9 Å². The second kappa shape index (κ2) is 4.41. The molecule has 72 valence electrons. The third-order valence-electron chi connectivity index (χ3n) is 1.66. The van der Waals surface area contributed by atoms with Gasteiger partial charge in [-0.1, -0.05) is 13.3 Å². The molecule has 0 radical (unpaired) electrons. The lowest BCUT2D eigenvalue weighted by Crippen LogP contribution is -2.00. The first-order valence-corrected chi connectivity index (χ1v) is 4.87. The van der Waals surface area contributed by atoms with Crippen molar-refractivity contribution < 1.29 is 9.90 Å². The van der Waals surface area contributed by atoms with Crippen LogP contribution in [0.3, 0.4) is 0 Å². The fraction of sp³-hybridized carbons (Fsp3) is 0.500. The predicted octanol–water partition coefficient (Wildman–Crippen LogP) is 1.75. The lowest BCUT2D eigenvalue weighted by molar-refractivity contribution is -0.136. The molecule has 0 spiro atoms. The molecule has 0 aromatic carbocycles. The fourth-order valence-corrected chi connectivity index (χ4v) is 1.59. The maximum atomic E-state index is 10.4. The first-order valence-electron chi connectivity index (χ1n) is 4.08. The van der Waals surface area contributed by atoms with Crippen molar-refractivity contribution in [3.8, 4) is 0 Å². The smallest absolute Gasteiger partial charge is 0.309 e. The minimum atomic E-state index is -0.854. The van der Waals surface area contributed by atoms with Crippen molar-refractivity contribution in [1.29, 1.82) is 0 Å². The highest BCUT2D eigenvalue weighted by Gasteiger charge is 2.11. The molecule has 5 heteroatoms.